The van der Waals surface area contributed by atoms with Gasteiger partial charge < -0.3 is 0 Å². The first-order chi connectivity index (χ1) is 1.41. The second kappa shape index (κ2) is 9.93. The van der Waals surface area contributed by atoms with Gasteiger partial charge in [-0.25, -0.2) is 9.13 Å². The van der Waals surface area contributed by atoms with E-state index in [9.17, 15) is 0 Å². The molecule has 0 saturated heterocycles. The summed E-state index contributed by atoms with van der Waals surface area (Å²) in [5, 5.41) is 0. The maximum Gasteiger partial charge on any atom is 0.303 e. The molecule has 0 aliphatic rings. The molecule has 0 aromatic rings. The van der Waals surface area contributed by atoms with Gasteiger partial charge in [-0.3, -0.25) is 0 Å². The molecule has 0 N–H and O–H groups in total. The van der Waals surface area contributed by atoms with Gasteiger partial charge in [0.2, 0.25) is 0 Å². The first-order valence-electron chi connectivity index (χ1n) is 0.408. The van der Waals surface area contributed by atoms with Crippen LogP contribution in [0.4, 0.5) is 0 Å². The minimum absolute atomic E-state index is 0. The fourth-order valence-electron chi connectivity index (χ4n) is 0. The van der Waals surface area contributed by atoms with E-state index in [1.807, 2.05) is 0 Å². The van der Waals surface area contributed by atoms with Crippen LogP contribution in [0.2, 0.25) is 0 Å². The predicted molar refractivity (Wildman–Crippen MR) is 9.69 cm³/mol. The standard InChI is InChI=1S/Cu.HO2P/c;1-3-2/h;3H. The van der Waals surface area contributed by atoms with Crippen LogP contribution < -0.4 is 0 Å². The summed E-state index contributed by atoms with van der Waals surface area (Å²) in [6, 6.07) is 0. The van der Waals surface area contributed by atoms with Crippen LogP contribution in [0.5, 0.6) is 0 Å². The van der Waals surface area contributed by atoms with Crippen molar-refractivity contribution in [3.63, 3.8) is 0 Å². The number of hydrogen-bond acceptors (Lipinski definition) is 2. The Morgan fingerprint density at radius 3 is 1.25 bits per heavy atom. The topological polar surface area (TPSA) is 34.1 Å². The van der Waals surface area contributed by atoms with Crippen LogP contribution in [-0.2, 0) is 26.2 Å². The molecule has 2 nitrogen and oxygen atoms in total. The number of hydrogen-bond donors (Lipinski definition) is 0. The van der Waals surface area contributed by atoms with Crippen LogP contribution in [0.3, 0.4) is 0 Å². The van der Waals surface area contributed by atoms with Crippen molar-refractivity contribution in [2.75, 3.05) is 0 Å². The Bertz CT molecular complexity index is 27.0. The molecule has 4 heteroatoms. The van der Waals surface area contributed by atoms with Gasteiger partial charge >= 0.3 is 8.34 Å². The Balaban J connectivity index is 0. The van der Waals surface area contributed by atoms with Gasteiger partial charge in [-0.05, 0) is 0 Å². The van der Waals surface area contributed by atoms with E-state index < -0.39 is 8.34 Å². The van der Waals surface area contributed by atoms with E-state index >= 15 is 0 Å². The van der Waals surface area contributed by atoms with Crippen molar-refractivity contribution in [2.45, 2.75) is 0 Å². The van der Waals surface area contributed by atoms with E-state index in [4.69, 9.17) is 9.13 Å². The van der Waals surface area contributed by atoms with Crippen LogP contribution >= 0.6 is 8.34 Å². The van der Waals surface area contributed by atoms with Crippen molar-refractivity contribution < 1.29 is 26.2 Å². The molecule has 0 bridgehead atoms. The van der Waals surface area contributed by atoms with Crippen LogP contribution in [0, 0.1) is 0 Å². The Morgan fingerprint density at radius 1 is 1.25 bits per heavy atom. The molecule has 0 fully saturated rings. The molecule has 0 aromatic carbocycles. The van der Waals surface area contributed by atoms with E-state index in [1.54, 1.807) is 0 Å². The van der Waals surface area contributed by atoms with Gasteiger partial charge in [-0.2, -0.15) is 0 Å². The molecule has 0 saturated carbocycles. The van der Waals surface area contributed by atoms with E-state index in [0.29, 0.717) is 0 Å². The predicted octanol–water partition coefficient (Wildman–Crippen LogP) is 0.353. The molecule has 1 radical (unpaired) electrons. The molecule has 29 valence electrons. The summed E-state index contributed by atoms with van der Waals surface area (Å²) >= 11 is 0. The SMILES string of the molecule is O=[PH]=O.[Cu]. The molecule has 0 aromatic heterocycles. The Kier molecular flexibility index (Phi) is 21.9. The quantitative estimate of drug-likeness (QED) is 0.348. The van der Waals surface area contributed by atoms with Crippen LogP contribution in [-0.4, -0.2) is 0 Å². The first kappa shape index (κ1) is 8.83. The smallest absolute Gasteiger partial charge is 0.241 e. The molecule has 0 atom stereocenters. The minimum atomic E-state index is -1.42. The van der Waals surface area contributed by atoms with Gasteiger partial charge in [0.1, 0.15) is 0 Å². The molecule has 0 aliphatic heterocycles. The zero-order valence-corrected chi connectivity index (χ0v) is 3.56. The summed E-state index contributed by atoms with van der Waals surface area (Å²) in [4.78, 5) is 0. The van der Waals surface area contributed by atoms with Gasteiger partial charge in [0, 0.05) is 17.1 Å². The summed E-state index contributed by atoms with van der Waals surface area (Å²) in [7, 11) is -1.42. The van der Waals surface area contributed by atoms with Crippen LogP contribution in [0.1, 0.15) is 0 Å². The van der Waals surface area contributed by atoms with Crippen molar-refractivity contribution in [1.29, 1.82) is 0 Å². The van der Waals surface area contributed by atoms with E-state index in [2.05, 4.69) is 0 Å². The van der Waals surface area contributed by atoms with Gasteiger partial charge in [0.25, 0.3) is 0 Å². The molecule has 0 heterocycles. The Morgan fingerprint density at radius 2 is 1.25 bits per heavy atom. The first-order valence-corrected chi connectivity index (χ1v) is 1.22. The maximum atomic E-state index is 8.40. The maximum absolute atomic E-state index is 8.40. The van der Waals surface area contributed by atoms with Gasteiger partial charge in [0.05, 0.1) is 0 Å². The third-order valence-electron chi connectivity index (χ3n) is 0. The third kappa shape index (κ3) is 27.7. The van der Waals surface area contributed by atoms with Crippen LogP contribution in [0.25, 0.3) is 0 Å². The molecule has 0 unspecified atom stereocenters. The zero-order valence-electron chi connectivity index (χ0n) is 1.62. The van der Waals surface area contributed by atoms with Gasteiger partial charge in [0.15, 0.2) is 0 Å². The molecule has 0 rings (SSSR count). The fraction of sp³-hybridized carbons (Fsp3) is 0. The fourth-order valence-corrected chi connectivity index (χ4v) is 0. The number of rotatable bonds is 0. The summed E-state index contributed by atoms with van der Waals surface area (Å²) in [5.41, 5.74) is 0. The second-order valence-corrected chi connectivity index (χ2v) is 0.250. The summed E-state index contributed by atoms with van der Waals surface area (Å²) in [6.45, 7) is 0. The summed E-state index contributed by atoms with van der Waals surface area (Å²) in [6.07, 6.45) is 0. The average Bonchev–Trinajstić information content (AvgIpc) is 0.918. The molecular weight excluding hydrogens is 127 g/mol. The van der Waals surface area contributed by atoms with Crippen molar-refractivity contribution >= 4 is 8.34 Å². The zero-order chi connectivity index (χ0) is 2.71. The van der Waals surface area contributed by atoms with Crippen molar-refractivity contribution in [1.82, 2.24) is 0 Å². The normalized spacial score (nSPS) is 3.00. The minimum Gasteiger partial charge on any atom is -0.241 e. The summed E-state index contributed by atoms with van der Waals surface area (Å²) < 4.78 is 16.8. The van der Waals surface area contributed by atoms with Crippen molar-refractivity contribution in [3.8, 4) is 0 Å². The van der Waals surface area contributed by atoms with Crippen molar-refractivity contribution in [2.24, 2.45) is 0 Å². The third-order valence-corrected chi connectivity index (χ3v) is 0. The van der Waals surface area contributed by atoms with Gasteiger partial charge in [-0.1, -0.05) is 0 Å². The van der Waals surface area contributed by atoms with E-state index in [0.717, 1.165) is 0 Å². The monoisotopic (exact) mass is 127 g/mol. The molecule has 0 spiro atoms. The molecule has 4 heavy (non-hydrogen) atoms. The second-order valence-electron chi connectivity index (χ2n) is 0.0833. The average molecular weight is 128 g/mol. The molecule has 0 aliphatic carbocycles. The van der Waals surface area contributed by atoms with Crippen LogP contribution in [0.15, 0.2) is 0 Å². The molecule has 0 amide bonds. The molecular formula is HCuO2P. The largest absolute Gasteiger partial charge is 0.303 e. The summed E-state index contributed by atoms with van der Waals surface area (Å²) in [5.74, 6) is 0. The van der Waals surface area contributed by atoms with E-state index in [1.165, 1.54) is 0 Å². The Labute approximate surface area is 35.3 Å². The van der Waals surface area contributed by atoms with Gasteiger partial charge in [-0.15, -0.1) is 0 Å². The van der Waals surface area contributed by atoms with Crippen molar-refractivity contribution in [3.05, 3.63) is 0 Å². The van der Waals surface area contributed by atoms with E-state index in [-0.39, 0.29) is 17.1 Å². The Hall–Kier alpha value is 0.419.